The predicted molar refractivity (Wildman–Crippen MR) is 63.5 cm³/mol. The number of carbonyl (C=O) groups excluding carboxylic acids is 1. The van der Waals surface area contributed by atoms with Gasteiger partial charge in [-0.15, -0.1) is 0 Å². The number of carbonyl (C=O) groups is 1. The van der Waals surface area contributed by atoms with E-state index in [-0.39, 0.29) is 6.54 Å². The highest BCUT2D eigenvalue weighted by atomic mass is 32.2. The molecule has 0 heterocycles. The Labute approximate surface area is 99.8 Å². The van der Waals surface area contributed by atoms with Crippen molar-refractivity contribution in [2.45, 2.75) is 6.54 Å². The number of para-hydroxylation sites is 1. The third kappa shape index (κ3) is 4.41. The Balaban J connectivity index is 2.62. The third-order valence-electron chi connectivity index (χ3n) is 2.07. The van der Waals surface area contributed by atoms with Crippen molar-refractivity contribution in [2.24, 2.45) is 0 Å². The van der Waals surface area contributed by atoms with E-state index in [4.69, 9.17) is 5.73 Å². The Bertz CT molecular complexity index is 499. The normalized spacial score (nSPS) is 11.1. The summed E-state index contributed by atoms with van der Waals surface area (Å²) in [5.74, 6) is -1.51. The van der Waals surface area contributed by atoms with Crippen molar-refractivity contribution in [3.63, 3.8) is 0 Å². The topological polar surface area (TPSA) is 98.5 Å². The summed E-state index contributed by atoms with van der Waals surface area (Å²) in [7, 11) is -2.56. The van der Waals surface area contributed by atoms with Crippen LogP contribution in [0.2, 0.25) is 0 Å². The van der Waals surface area contributed by atoms with E-state index < -0.39 is 21.7 Å². The van der Waals surface area contributed by atoms with Crippen LogP contribution in [0.1, 0.15) is 5.56 Å². The quantitative estimate of drug-likeness (QED) is 0.566. The van der Waals surface area contributed by atoms with E-state index in [9.17, 15) is 13.2 Å². The number of nitrogen functional groups attached to an aromatic ring is 1. The molecule has 0 bridgehead atoms. The number of methoxy groups -OCH3 is 1. The van der Waals surface area contributed by atoms with Gasteiger partial charge in [-0.3, -0.25) is 4.79 Å². The molecule has 3 N–H and O–H groups in total. The lowest BCUT2D eigenvalue weighted by Gasteiger charge is -2.07. The molecule has 1 rings (SSSR count). The predicted octanol–water partition coefficient (Wildman–Crippen LogP) is -0.139. The zero-order chi connectivity index (χ0) is 12.9. The molecule has 0 aliphatic heterocycles. The van der Waals surface area contributed by atoms with Gasteiger partial charge in [0.25, 0.3) is 0 Å². The second-order valence-corrected chi connectivity index (χ2v) is 5.16. The molecule has 0 unspecified atom stereocenters. The van der Waals surface area contributed by atoms with E-state index in [1.165, 1.54) is 0 Å². The largest absolute Gasteiger partial charge is 0.468 e. The minimum Gasteiger partial charge on any atom is -0.468 e. The number of sulfonamides is 1. The Hall–Kier alpha value is -1.60. The lowest BCUT2D eigenvalue weighted by molar-refractivity contribution is -0.137. The Morgan fingerprint density at radius 2 is 2.06 bits per heavy atom. The molecule has 0 fully saturated rings. The van der Waals surface area contributed by atoms with E-state index in [1.807, 2.05) is 0 Å². The van der Waals surface area contributed by atoms with Crippen LogP contribution in [-0.2, 0) is 26.1 Å². The summed E-state index contributed by atoms with van der Waals surface area (Å²) in [6, 6.07) is 6.88. The number of hydrogen-bond donors (Lipinski definition) is 2. The minimum atomic E-state index is -3.69. The molecular weight excluding hydrogens is 244 g/mol. The summed E-state index contributed by atoms with van der Waals surface area (Å²) < 4.78 is 29.4. The summed E-state index contributed by atoms with van der Waals surface area (Å²) >= 11 is 0. The van der Waals surface area contributed by atoms with Crippen molar-refractivity contribution in [3.05, 3.63) is 29.8 Å². The van der Waals surface area contributed by atoms with Gasteiger partial charge in [0.05, 0.1) is 7.11 Å². The van der Waals surface area contributed by atoms with Crippen molar-refractivity contribution in [1.82, 2.24) is 4.72 Å². The van der Waals surface area contributed by atoms with E-state index >= 15 is 0 Å². The summed E-state index contributed by atoms with van der Waals surface area (Å²) in [4.78, 5) is 10.8. The van der Waals surface area contributed by atoms with Crippen LogP contribution in [0, 0.1) is 0 Å². The number of rotatable bonds is 5. The summed E-state index contributed by atoms with van der Waals surface area (Å²) in [5.41, 5.74) is 6.80. The second-order valence-electron chi connectivity index (χ2n) is 3.36. The summed E-state index contributed by atoms with van der Waals surface area (Å²) in [6.45, 7) is 0.0476. The maximum Gasteiger partial charge on any atom is 0.322 e. The molecular formula is C10H14N2O4S. The van der Waals surface area contributed by atoms with Gasteiger partial charge in [-0.05, 0) is 11.6 Å². The molecule has 6 nitrogen and oxygen atoms in total. The van der Waals surface area contributed by atoms with E-state index in [1.54, 1.807) is 24.3 Å². The van der Waals surface area contributed by atoms with Crippen LogP contribution < -0.4 is 10.5 Å². The van der Waals surface area contributed by atoms with Gasteiger partial charge in [-0.2, -0.15) is 0 Å². The lowest BCUT2D eigenvalue weighted by Crippen LogP contribution is -2.30. The monoisotopic (exact) mass is 258 g/mol. The first-order valence-electron chi connectivity index (χ1n) is 4.82. The number of nitrogens with one attached hydrogen (secondary N) is 1. The highest BCUT2D eigenvalue weighted by molar-refractivity contribution is 7.90. The Morgan fingerprint density at radius 1 is 1.41 bits per heavy atom. The van der Waals surface area contributed by atoms with Crippen molar-refractivity contribution < 1.29 is 17.9 Å². The van der Waals surface area contributed by atoms with Gasteiger partial charge in [-0.1, -0.05) is 18.2 Å². The first-order chi connectivity index (χ1) is 7.94. The third-order valence-corrected chi connectivity index (χ3v) is 3.27. The van der Waals surface area contributed by atoms with Crippen LogP contribution in [-0.4, -0.2) is 27.2 Å². The van der Waals surface area contributed by atoms with Crippen LogP contribution in [0.4, 0.5) is 5.69 Å². The molecule has 7 heteroatoms. The first-order valence-corrected chi connectivity index (χ1v) is 6.47. The number of benzene rings is 1. The van der Waals surface area contributed by atoms with Gasteiger partial charge in [-0.25, -0.2) is 13.1 Å². The van der Waals surface area contributed by atoms with Crippen molar-refractivity contribution in [2.75, 3.05) is 18.6 Å². The average Bonchev–Trinajstić information content (AvgIpc) is 2.27. The maximum absolute atomic E-state index is 11.4. The van der Waals surface area contributed by atoms with Gasteiger partial charge >= 0.3 is 5.97 Å². The smallest absolute Gasteiger partial charge is 0.322 e. The molecule has 0 amide bonds. The van der Waals surface area contributed by atoms with Gasteiger partial charge in [0.2, 0.25) is 10.0 Å². The number of ether oxygens (including phenoxy) is 1. The maximum atomic E-state index is 11.4. The van der Waals surface area contributed by atoms with Crippen LogP contribution in [0.25, 0.3) is 0 Å². The highest BCUT2D eigenvalue weighted by Gasteiger charge is 2.16. The molecule has 0 spiro atoms. The Morgan fingerprint density at radius 3 is 2.65 bits per heavy atom. The molecule has 17 heavy (non-hydrogen) atoms. The van der Waals surface area contributed by atoms with Crippen molar-refractivity contribution in [3.8, 4) is 0 Å². The van der Waals surface area contributed by atoms with Gasteiger partial charge in [0, 0.05) is 12.2 Å². The lowest BCUT2D eigenvalue weighted by atomic mass is 10.2. The van der Waals surface area contributed by atoms with Crippen LogP contribution >= 0.6 is 0 Å². The molecule has 0 aromatic heterocycles. The number of anilines is 1. The molecule has 0 atom stereocenters. The van der Waals surface area contributed by atoms with Gasteiger partial charge < -0.3 is 10.5 Å². The second kappa shape index (κ2) is 5.65. The van der Waals surface area contributed by atoms with Crippen LogP contribution in [0.3, 0.4) is 0 Å². The Kier molecular flexibility index (Phi) is 4.47. The van der Waals surface area contributed by atoms with Gasteiger partial charge in [0.15, 0.2) is 5.75 Å². The first kappa shape index (κ1) is 13.5. The van der Waals surface area contributed by atoms with Crippen LogP contribution in [0.5, 0.6) is 0 Å². The fraction of sp³-hybridized carbons (Fsp3) is 0.300. The number of hydrogen-bond acceptors (Lipinski definition) is 5. The van der Waals surface area contributed by atoms with Crippen LogP contribution in [0.15, 0.2) is 24.3 Å². The molecule has 0 radical (unpaired) electrons. The number of nitrogens with two attached hydrogens (primary N) is 1. The summed E-state index contributed by atoms with van der Waals surface area (Å²) in [6.07, 6.45) is 0. The zero-order valence-electron chi connectivity index (χ0n) is 9.34. The molecule has 0 saturated heterocycles. The molecule has 1 aromatic carbocycles. The molecule has 0 aliphatic rings. The molecule has 94 valence electrons. The average molecular weight is 258 g/mol. The van der Waals surface area contributed by atoms with E-state index in [2.05, 4.69) is 9.46 Å². The molecule has 1 aromatic rings. The standard InChI is InChI=1S/C10H14N2O4S/c1-16-10(13)7-17(14,15)12-6-8-4-2-3-5-9(8)11/h2-5,12H,6-7,11H2,1H3. The van der Waals surface area contributed by atoms with E-state index in [0.717, 1.165) is 7.11 Å². The van der Waals surface area contributed by atoms with Crippen molar-refractivity contribution in [1.29, 1.82) is 0 Å². The zero-order valence-corrected chi connectivity index (χ0v) is 10.2. The molecule has 0 saturated carbocycles. The van der Waals surface area contributed by atoms with Crippen molar-refractivity contribution >= 4 is 21.7 Å². The minimum absolute atomic E-state index is 0.0476. The fourth-order valence-corrected chi connectivity index (χ4v) is 2.05. The SMILES string of the molecule is COC(=O)CS(=O)(=O)NCc1ccccc1N. The fourth-order valence-electron chi connectivity index (χ4n) is 1.15. The van der Waals surface area contributed by atoms with Gasteiger partial charge in [0.1, 0.15) is 0 Å². The van der Waals surface area contributed by atoms with E-state index in [0.29, 0.717) is 11.3 Å². The molecule has 0 aliphatic carbocycles. The highest BCUT2D eigenvalue weighted by Crippen LogP contribution is 2.10. The summed E-state index contributed by atoms with van der Waals surface area (Å²) in [5, 5.41) is 0. The number of esters is 1.